The summed E-state index contributed by atoms with van der Waals surface area (Å²) in [7, 11) is 1.57. The molecule has 0 radical (unpaired) electrons. The molecule has 0 spiro atoms. The van der Waals surface area contributed by atoms with E-state index in [9.17, 15) is 13.8 Å². The van der Waals surface area contributed by atoms with Gasteiger partial charge in [-0.1, -0.05) is 18.2 Å². The Bertz CT molecular complexity index is 1240. The molecule has 8 heteroatoms. The average molecular weight is 465 g/mol. The van der Waals surface area contributed by atoms with Crippen molar-refractivity contribution in [1.82, 2.24) is 5.32 Å². The Balaban J connectivity index is 1.66. The smallest absolute Gasteiger partial charge is 0.259 e. The highest BCUT2D eigenvalue weighted by Crippen LogP contribution is 2.35. The van der Waals surface area contributed by atoms with Gasteiger partial charge in [0.05, 0.1) is 58.2 Å². The van der Waals surface area contributed by atoms with E-state index in [0.29, 0.717) is 50.2 Å². The van der Waals surface area contributed by atoms with Crippen molar-refractivity contribution in [3.63, 3.8) is 0 Å². The number of nitrogens with zero attached hydrogens (tertiary/aromatic N) is 1. The Morgan fingerprint density at radius 2 is 1.67 bits per heavy atom. The average Bonchev–Trinajstić information content (AvgIpc) is 2.94. The summed E-state index contributed by atoms with van der Waals surface area (Å²) in [6.07, 6.45) is 0. The van der Waals surface area contributed by atoms with Crippen LogP contribution in [0.4, 0.5) is 5.69 Å². The number of nitrogens with one attached hydrogen (secondary N) is 1. The van der Waals surface area contributed by atoms with Crippen LogP contribution in [0.2, 0.25) is 0 Å². The number of carbonyl (C=O) groups excluding carboxylic acids is 2. The van der Waals surface area contributed by atoms with Gasteiger partial charge in [-0.2, -0.15) is 0 Å². The number of anilines is 1. The van der Waals surface area contributed by atoms with Gasteiger partial charge in [0.15, 0.2) is 0 Å². The number of fused-ring (bicyclic) bond motifs is 2. The summed E-state index contributed by atoms with van der Waals surface area (Å²) in [4.78, 5) is 28.7. The van der Waals surface area contributed by atoms with E-state index in [2.05, 4.69) is 5.32 Å². The predicted molar refractivity (Wildman–Crippen MR) is 126 cm³/mol. The summed E-state index contributed by atoms with van der Waals surface area (Å²) in [5.41, 5.74) is 1.95. The zero-order valence-corrected chi connectivity index (χ0v) is 19.4. The van der Waals surface area contributed by atoms with Gasteiger partial charge in [0.1, 0.15) is 11.5 Å². The van der Waals surface area contributed by atoms with Gasteiger partial charge in [-0.3, -0.25) is 9.59 Å². The molecule has 1 unspecified atom stereocenters. The maximum absolute atomic E-state index is 13.3. The number of benzene rings is 3. The molecule has 1 aliphatic rings. The first-order chi connectivity index (χ1) is 16.0. The highest BCUT2D eigenvalue weighted by atomic mass is 32.2. The third-order valence-electron chi connectivity index (χ3n) is 5.55. The summed E-state index contributed by atoms with van der Waals surface area (Å²) < 4.78 is 24.0. The Kier molecular flexibility index (Phi) is 6.46. The summed E-state index contributed by atoms with van der Waals surface area (Å²) in [5.74, 6) is 0.637. The molecule has 1 heterocycles. The topological polar surface area (TPSA) is 84.9 Å². The molecular formula is C25H24N2O5S. The number of carbonyl (C=O) groups is 2. The second-order valence-electron chi connectivity index (χ2n) is 7.32. The molecule has 0 saturated heterocycles. The van der Waals surface area contributed by atoms with Gasteiger partial charge in [0.25, 0.3) is 11.8 Å². The molecule has 2 amide bonds. The molecular weight excluding hydrogens is 440 g/mol. The van der Waals surface area contributed by atoms with E-state index in [1.165, 1.54) is 0 Å². The maximum atomic E-state index is 13.3. The molecule has 1 aliphatic heterocycles. The lowest BCUT2D eigenvalue weighted by Gasteiger charge is -2.21. The molecule has 1 atom stereocenters. The van der Waals surface area contributed by atoms with Crippen LogP contribution < -0.4 is 19.7 Å². The van der Waals surface area contributed by atoms with Gasteiger partial charge in [0, 0.05) is 12.1 Å². The lowest BCUT2D eigenvalue weighted by atomic mass is 10.1. The number of methoxy groups -OCH3 is 2. The Labute approximate surface area is 194 Å². The Morgan fingerprint density at radius 1 is 0.970 bits per heavy atom. The van der Waals surface area contributed by atoms with Gasteiger partial charge in [-0.25, -0.2) is 4.21 Å². The zero-order valence-electron chi connectivity index (χ0n) is 18.6. The lowest BCUT2D eigenvalue weighted by Crippen LogP contribution is -2.31. The first-order valence-electron chi connectivity index (χ1n) is 10.4. The van der Waals surface area contributed by atoms with E-state index < -0.39 is 10.8 Å². The molecule has 1 N–H and O–H groups in total. The molecule has 0 bridgehead atoms. The fourth-order valence-electron chi connectivity index (χ4n) is 3.89. The van der Waals surface area contributed by atoms with Crippen molar-refractivity contribution in [3.05, 3.63) is 77.4 Å². The third-order valence-corrected chi connectivity index (χ3v) is 7.05. The van der Waals surface area contributed by atoms with E-state index in [0.717, 1.165) is 0 Å². The summed E-state index contributed by atoms with van der Waals surface area (Å²) in [6.45, 7) is 2.41. The van der Waals surface area contributed by atoms with Gasteiger partial charge in [0.2, 0.25) is 0 Å². The molecule has 170 valence electrons. The van der Waals surface area contributed by atoms with Crippen LogP contribution in [-0.4, -0.2) is 36.8 Å². The second-order valence-corrected chi connectivity index (χ2v) is 8.74. The number of amides is 2. The maximum Gasteiger partial charge on any atom is 0.259 e. The fourth-order valence-corrected chi connectivity index (χ4v) is 5.24. The monoisotopic (exact) mass is 464 g/mol. The van der Waals surface area contributed by atoms with Crippen molar-refractivity contribution < 1.29 is 23.3 Å². The lowest BCUT2D eigenvalue weighted by molar-refractivity contribution is 0.0947. The van der Waals surface area contributed by atoms with Gasteiger partial charge in [-0.15, -0.1) is 0 Å². The molecule has 0 saturated carbocycles. The van der Waals surface area contributed by atoms with Gasteiger partial charge >= 0.3 is 0 Å². The van der Waals surface area contributed by atoms with Crippen LogP contribution in [-0.2, 0) is 17.3 Å². The van der Waals surface area contributed by atoms with E-state index in [1.54, 1.807) is 73.7 Å². The number of rotatable bonds is 6. The van der Waals surface area contributed by atoms with Crippen LogP contribution in [0, 0.1) is 0 Å². The van der Waals surface area contributed by atoms with Crippen LogP contribution >= 0.6 is 0 Å². The minimum atomic E-state index is -1.54. The SMILES string of the molecule is CCN1C(=O)c2ccccc2S(=O)c2ccc(C(=O)NCc3c(OC)cccc3OC)cc21. The van der Waals surface area contributed by atoms with Crippen LogP contribution in [0.25, 0.3) is 0 Å². The number of hydrogen-bond donors (Lipinski definition) is 1. The van der Waals surface area contributed by atoms with Gasteiger partial charge in [-0.05, 0) is 49.4 Å². The molecule has 0 aliphatic carbocycles. The fraction of sp³-hybridized carbons (Fsp3) is 0.200. The number of hydrogen-bond acceptors (Lipinski definition) is 5. The highest BCUT2D eigenvalue weighted by molar-refractivity contribution is 7.85. The molecule has 7 nitrogen and oxygen atoms in total. The van der Waals surface area contributed by atoms with Crippen molar-refractivity contribution in [2.45, 2.75) is 23.3 Å². The summed E-state index contributed by atoms with van der Waals surface area (Å²) in [5, 5.41) is 2.88. The van der Waals surface area contributed by atoms with E-state index >= 15 is 0 Å². The van der Waals surface area contributed by atoms with Crippen molar-refractivity contribution in [3.8, 4) is 11.5 Å². The van der Waals surface area contributed by atoms with Gasteiger partial charge < -0.3 is 19.7 Å². The van der Waals surface area contributed by atoms with Crippen LogP contribution in [0.15, 0.2) is 70.5 Å². The standard InChI is InChI=1S/C25H24N2O5S/c1-4-27-19-14-16(24(28)26-15-18-20(31-2)9-7-10-21(18)32-3)12-13-23(19)33(30)22-11-6-5-8-17(22)25(27)29/h5-14H,4,15H2,1-3H3,(H,26,28). The zero-order chi connectivity index (χ0) is 23.5. The van der Waals surface area contributed by atoms with Crippen LogP contribution in [0.5, 0.6) is 11.5 Å². The van der Waals surface area contributed by atoms with Crippen molar-refractivity contribution in [1.29, 1.82) is 0 Å². The van der Waals surface area contributed by atoms with E-state index in [-0.39, 0.29) is 18.4 Å². The Hall–Kier alpha value is -3.65. The van der Waals surface area contributed by atoms with E-state index in [4.69, 9.17) is 9.47 Å². The minimum Gasteiger partial charge on any atom is -0.496 e. The highest BCUT2D eigenvalue weighted by Gasteiger charge is 2.30. The molecule has 3 aromatic carbocycles. The van der Waals surface area contributed by atoms with Crippen molar-refractivity contribution in [2.75, 3.05) is 25.7 Å². The van der Waals surface area contributed by atoms with Crippen molar-refractivity contribution >= 4 is 28.3 Å². The molecule has 3 aromatic rings. The first-order valence-corrected chi connectivity index (χ1v) is 11.6. The molecule has 0 aromatic heterocycles. The van der Waals surface area contributed by atoms with Crippen LogP contribution in [0.3, 0.4) is 0 Å². The van der Waals surface area contributed by atoms with E-state index in [1.807, 2.05) is 13.0 Å². The molecule has 0 fully saturated rings. The quantitative estimate of drug-likeness (QED) is 0.600. The minimum absolute atomic E-state index is 0.191. The summed E-state index contributed by atoms with van der Waals surface area (Å²) in [6, 6.07) is 17.2. The largest absolute Gasteiger partial charge is 0.496 e. The third kappa shape index (κ3) is 4.09. The normalized spacial score (nSPS) is 14.7. The van der Waals surface area contributed by atoms with Crippen LogP contribution in [0.1, 0.15) is 33.2 Å². The first kappa shape index (κ1) is 22.5. The molecule has 4 rings (SSSR count). The number of ether oxygens (including phenoxy) is 2. The summed E-state index contributed by atoms with van der Waals surface area (Å²) >= 11 is 0. The Morgan fingerprint density at radius 3 is 2.33 bits per heavy atom. The predicted octanol–water partition coefficient (Wildman–Crippen LogP) is 3.78. The van der Waals surface area contributed by atoms with Crippen molar-refractivity contribution in [2.24, 2.45) is 0 Å². The molecule has 33 heavy (non-hydrogen) atoms. The second kappa shape index (κ2) is 9.46.